The van der Waals surface area contributed by atoms with Gasteiger partial charge in [0.1, 0.15) is 11.6 Å². The first-order valence-electron chi connectivity index (χ1n) is 5.82. The Morgan fingerprint density at radius 2 is 2.00 bits per heavy atom. The summed E-state index contributed by atoms with van der Waals surface area (Å²) in [5, 5.41) is 13.6. The molecule has 8 heteroatoms. The van der Waals surface area contributed by atoms with Crippen molar-refractivity contribution in [2.45, 2.75) is 6.42 Å². The molecule has 6 nitrogen and oxygen atoms in total. The van der Waals surface area contributed by atoms with Crippen molar-refractivity contribution in [3.63, 3.8) is 0 Å². The summed E-state index contributed by atoms with van der Waals surface area (Å²) in [4.78, 5) is 13.8. The van der Waals surface area contributed by atoms with Crippen LogP contribution in [0.25, 0.3) is 0 Å². The molecule has 1 aromatic carbocycles. The maximum absolute atomic E-state index is 13.0. The van der Waals surface area contributed by atoms with Crippen LogP contribution < -0.4 is 5.32 Å². The second-order valence-electron chi connectivity index (χ2n) is 4.24. The standard InChI is InChI=1S/C12H12F2N4O2/c1-17-7-16-12(18(19)20)11(17)15-3-2-8-4-9(13)6-10(14)5-8/h4-7,15H,2-3H2,1H3. The number of hydrogen-bond acceptors (Lipinski definition) is 4. The Kier molecular flexibility index (Phi) is 3.92. The maximum atomic E-state index is 13.0. The number of nitro groups is 1. The maximum Gasteiger partial charge on any atom is 0.406 e. The van der Waals surface area contributed by atoms with E-state index in [1.807, 2.05) is 0 Å². The summed E-state index contributed by atoms with van der Waals surface area (Å²) in [6, 6.07) is 3.24. The summed E-state index contributed by atoms with van der Waals surface area (Å²) in [5.74, 6) is -1.32. The Morgan fingerprint density at radius 1 is 1.35 bits per heavy atom. The number of rotatable bonds is 5. The van der Waals surface area contributed by atoms with Crippen LogP contribution in [-0.4, -0.2) is 21.0 Å². The van der Waals surface area contributed by atoms with Crippen LogP contribution in [0.4, 0.5) is 20.4 Å². The van der Waals surface area contributed by atoms with Crippen molar-refractivity contribution in [2.24, 2.45) is 7.05 Å². The van der Waals surface area contributed by atoms with Gasteiger partial charge in [-0.1, -0.05) is 0 Å². The molecule has 1 N–H and O–H groups in total. The van der Waals surface area contributed by atoms with Crippen molar-refractivity contribution in [2.75, 3.05) is 11.9 Å². The number of hydrogen-bond donors (Lipinski definition) is 1. The van der Waals surface area contributed by atoms with E-state index >= 15 is 0 Å². The van der Waals surface area contributed by atoms with Gasteiger partial charge in [-0.2, -0.15) is 0 Å². The second kappa shape index (κ2) is 5.64. The van der Waals surface area contributed by atoms with Crippen molar-refractivity contribution in [1.82, 2.24) is 9.55 Å². The average molecular weight is 282 g/mol. The van der Waals surface area contributed by atoms with Gasteiger partial charge in [0.25, 0.3) is 0 Å². The van der Waals surface area contributed by atoms with Gasteiger partial charge in [-0.05, 0) is 34.0 Å². The first-order chi connectivity index (χ1) is 9.47. The molecule has 0 atom stereocenters. The molecule has 20 heavy (non-hydrogen) atoms. The van der Waals surface area contributed by atoms with E-state index in [0.29, 0.717) is 18.5 Å². The van der Waals surface area contributed by atoms with Crippen LogP contribution in [0.5, 0.6) is 0 Å². The van der Waals surface area contributed by atoms with E-state index in [0.717, 1.165) is 6.07 Å². The minimum Gasteiger partial charge on any atom is -0.364 e. The smallest absolute Gasteiger partial charge is 0.364 e. The zero-order valence-electron chi connectivity index (χ0n) is 10.6. The average Bonchev–Trinajstić information content (AvgIpc) is 2.70. The molecule has 0 unspecified atom stereocenters. The third kappa shape index (κ3) is 3.08. The molecule has 1 heterocycles. The molecule has 2 rings (SSSR count). The highest BCUT2D eigenvalue weighted by molar-refractivity contribution is 5.52. The molecule has 0 aliphatic heterocycles. The molecule has 0 saturated carbocycles. The van der Waals surface area contributed by atoms with Crippen LogP contribution in [0.3, 0.4) is 0 Å². The molecular formula is C12H12F2N4O2. The first-order valence-corrected chi connectivity index (χ1v) is 5.82. The Labute approximate surface area is 113 Å². The van der Waals surface area contributed by atoms with Gasteiger partial charge in [-0.3, -0.25) is 4.57 Å². The predicted molar refractivity (Wildman–Crippen MR) is 68.4 cm³/mol. The van der Waals surface area contributed by atoms with Crippen LogP contribution in [0.2, 0.25) is 0 Å². The lowest BCUT2D eigenvalue weighted by molar-refractivity contribution is -0.388. The quantitative estimate of drug-likeness (QED) is 0.674. The minimum atomic E-state index is -0.647. The SMILES string of the molecule is Cn1cnc([N+](=O)[O-])c1NCCc1cc(F)cc(F)c1. The van der Waals surface area contributed by atoms with Crippen LogP contribution in [-0.2, 0) is 13.5 Å². The molecule has 106 valence electrons. The lowest BCUT2D eigenvalue weighted by Crippen LogP contribution is -2.09. The van der Waals surface area contributed by atoms with Gasteiger partial charge in [0.05, 0.1) is 0 Å². The molecule has 0 fully saturated rings. The number of nitrogens with zero attached hydrogens (tertiary/aromatic N) is 3. The molecule has 1 aromatic heterocycles. The molecule has 0 aliphatic carbocycles. The van der Waals surface area contributed by atoms with E-state index in [2.05, 4.69) is 10.3 Å². The Hall–Kier alpha value is -2.51. The third-order valence-electron chi connectivity index (χ3n) is 2.72. The van der Waals surface area contributed by atoms with Gasteiger partial charge in [-0.15, -0.1) is 0 Å². The molecular weight excluding hydrogens is 270 g/mol. The zero-order chi connectivity index (χ0) is 14.7. The highest BCUT2D eigenvalue weighted by atomic mass is 19.1. The summed E-state index contributed by atoms with van der Waals surface area (Å²) in [7, 11) is 1.62. The largest absolute Gasteiger partial charge is 0.406 e. The summed E-state index contributed by atoms with van der Waals surface area (Å²) >= 11 is 0. The Bertz CT molecular complexity index is 622. The van der Waals surface area contributed by atoms with Gasteiger partial charge in [0.2, 0.25) is 12.1 Å². The fourth-order valence-corrected chi connectivity index (χ4v) is 1.84. The van der Waals surface area contributed by atoms with Gasteiger partial charge < -0.3 is 15.4 Å². The number of aryl methyl sites for hydroxylation is 1. The number of benzene rings is 1. The van der Waals surface area contributed by atoms with E-state index in [-0.39, 0.29) is 11.6 Å². The number of nitrogens with one attached hydrogen (secondary N) is 1. The topological polar surface area (TPSA) is 73.0 Å². The summed E-state index contributed by atoms with van der Waals surface area (Å²) < 4.78 is 27.5. The van der Waals surface area contributed by atoms with Gasteiger partial charge in [-0.25, -0.2) is 8.78 Å². The fourth-order valence-electron chi connectivity index (χ4n) is 1.84. The van der Waals surface area contributed by atoms with Crippen LogP contribution in [0, 0.1) is 21.7 Å². The van der Waals surface area contributed by atoms with E-state index < -0.39 is 16.6 Å². The van der Waals surface area contributed by atoms with E-state index in [1.165, 1.54) is 23.0 Å². The van der Waals surface area contributed by atoms with Crippen molar-refractivity contribution >= 4 is 11.6 Å². The molecule has 0 bridgehead atoms. The summed E-state index contributed by atoms with van der Waals surface area (Å²) in [6.45, 7) is 0.295. The molecule has 0 saturated heterocycles. The van der Waals surface area contributed by atoms with Crippen LogP contribution in [0.1, 0.15) is 5.56 Å². The van der Waals surface area contributed by atoms with E-state index in [1.54, 1.807) is 7.05 Å². The number of halogens is 2. The molecule has 0 amide bonds. The first kappa shape index (κ1) is 13.9. The number of aromatic nitrogens is 2. The van der Waals surface area contributed by atoms with E-state index in [4.69, 9.17) is 0 Å². The van der Waals surface area contributed by atoms with E-state index in [9.17, 15) is 18.9 Å². The number of anilines is 1. The fraction of sp³-hybridized carbons (Fsp3) is 0.250. The highest BCUT2D eigenvalue weighted by Gasteiger charge is 2.19. The highest BCUT2D eigenvalue weighted by Crippen LogP contribution is 2.20. The summed E-state index contributed by atoms with van der Waals surface area (Å²) in [6.07, 6.45) is 1.65. The lowest BCUT2D eigenvalue weighted by atomic mass is 10.1. The van der Waals surface area contributed by atoms with Crippen molar-refractivity contribution in [1.29, 1.82) is 0 Å². The third-order valence-corrected chi connectivity index (χ3v) is 2.72. The normalized spacial score (nSPS) is 10.6. The second-order valence-corrected chi connectivity index (χ2v) is 4.24. The van der Waals surface area contributed by atoms with Gasteiger partial charge in [0, 0.05) is 19.7 Å². The Morgan fingerprint density at radius 3 is 2.60 bits per heavy atom. The molecule has 2 aromatic rings. The van der Waals surface area contributed by atoms with Crippen molar-refractivity contribution in [3.05, 3.63) is 51.8 Å². The predicted octanol–water partition coefficient (Wildman–Crippen LogP) is 2.26. The lowest BCUT2D eigenvalue weighted by Gasteiger charge is -2.06. The monoisotopic (exact) mass is 282 g/mol. The Balaban J connectivity index is 2.03. The van der Waals surface area contributed by atoms with Gasteiger partial charge >= 0.3 is 5.82 Å². The molecule has 0 spiro atoms. The molecule has 0 radical (unpaired) electrons. The molecule has 0 aliphatic rings. The van der Waals surface area contributed by atoms with Crippen molar-refractivity contribution < 1.29 is 13.7 Å². The summed E-state index contributed by atoms with van der Waals surface area (Å²) in [5.41, 5.74) is 0.472. The van der Waals surface area contributed by atoms with Gasteiger partial charge in [0.15, 0.2) is 0 Å². The number of imidazole rings is 1. The van der Waals surface area contributed by atoms with Crippen molar-refractivity contribution in [3.8, 4) is 0 Å². The minimum absolute atomic E-state index is 0.256. The zero-order valence-corrected chi connectivity index (χ0v) is 10.6. The van der Waals surface area contributed by atoms with Crippen LogP contribution >= 0.6 is 0 Å². The van der Waals surface area contributed by atoms with Crippen LogP contribution in [0.15, 0.2) is 24.5 Å².